The van der Waals surface area contributed by atoms with Crippen molar-refractivity contribution >= 4 is 20.9 Å². The minimum Gasteiger partial charge on any atom is -0.496 e. The monoisotopic (exact) mass is 469 g/mol. The Hall–Kier alpha value is -1.94. The van der Waals surface area contributed by atoms with Crippen LogP contribution in [-0.4, -0.2) is 32.6 Å². The summed E-state index contributed by atoms with van der Waals surface area (Å²) in [5, 5.41) is 0. The highest BCUT2D eigenvalue weighted by Crippen LogP contribution is 2.32. The predicted molar refractivity (Wildman–Crippen MR) is 131 cm³/mol. The maximum absolute atomic E-state index is 13.3. The van der Waals surface area contributed by atoms with Crippen molar-refractivity contribution in [1.82, 2.24) is 0 Å². The Morgan fingerprint density at radius 2 is 1.31 bits per heavy atom. The number of rotatable bonds is 17. The molecular weight excluding hydrogens is 427 g/mol. The molecule has 0 bridgehead atoms. The summed E-state index contributed by atoms with van der Waals surface area (Å²) >= 11 is 0. The van der Waals surface area contributed by atoms with Gasteiger partial charge in [-0.1, -0.05) is 82.3 Å². The summed E-state index contributed by atoms with van der Waals surface area (Å²) in [6.45, 7) is 4.63. The fraction of sp³-hybridized carbons (Fsp3) is 0.680. The number of carbonyl (C=O) groups is 2. The average Bonchev–Trinajstić information content (AvgIpc) is 2.83. The van der Waals surface area contributed by atoms with Gasteiger partial charge in [0.15, 0.2) is 5.78 Å². The average molecular weight is 470 g/mol. The molecule has 32 heavy (non-hydrogen) atoms. The lowest BCUT2D eigenvalue weighted by molar-refractivity contribution is -0.147. The normalized spacial score (nSPS) is 11.1. The zero-order chi connectivity index (χ0) is 24.2. The highest BCUT2D eigenvalue weighted by atomic mass is 31.0. The lowest BCUT2D eigenvalue weighted by atomic mass is 9.91. The van der Waals surface area contributed by atoms with E-state index in [1.165, 1.54) is 55.4 Å². The summed E-state index contributed by atoms with van der Waals surface area (Å²) in [6, 6.07) is 5.17. The zero-order valence-electron chi connectivity index (χ0n) is 20.3. The van der Waals surface area contributed by atoms with Crippen molar-refractivity contribution in [2.24, 2.45) is 5.92 Å². The van der Waals surface area contributed by atoms with E-state index in [1.807, 2.05) is 6.92 Å². The molecule has 0 radical (unpaired) electrons. The smallest absolute Gasteiger partial charge is 0.316 e. The number of esters is 1. The van der Waals surface area contributed by atoms with Crippen molar-refractivity contribution < 1.29 is 28.4 Å². The fourth-order valence-electron chi connectivity index (χ4n) is 3.54. The number of Topliss-reactive ketones (excluding diaryl/α,β-unsaturated/α-hetero) is 1. The largest absolute Gasteiger partial charge is 0.496 e. The Labute approximate surface area is 196 Å². The minimum atomic E-state index is -0.829. The number of methoxy groups -OCH3 is 2. The van der Waals surface area contributed by atoms with Crippen molar-refractivity contribution in [3.8, 4) is 11.5 Å². The Balaban J connectivity index is 0.00000466. The third-order valence-electron chi connectivity index (χ3n) is 5.36. The summed E-state index contributed by atoms with van der Waals surface area (Å²) in [7, 11) is 4.18. The zero-order valence-corrected chi connectivity index (χ0v) is 21.5. The topological polar surface area (TPSA) is 78.9 Å². The van der Waals surface area contributed by atoms with Gasteiger partial charge in [0.2, 0.25) is 0 Å². The van der Waals surface area contributed by atoms with Gasteiger partial charge in [0.05, 0.1) is 20.8 Å². The Morgan fingerprint density at radius 3 is 1.81 bits per heavy atom. The molecular formula is C25H42O6P+. The van der Waals surface area contributed by atoms with Crippen LogP contribution in [0.4, 0.5) is 0 Å². The van der Waals surface area contributed by atoms with Crippen LogP contribution >= 0.6 is 9.12 Å². The molecule has 0 amide bonds. The van der Waals surface area contributed by atoms with E-state index in [1.54, 1.807) is 18.2 Å². The van der Waals surface area contributed by atoms with Gasteiger partial charge < -0.3 is 14.2 Å². The molecule has 0 saturated carbocycles. The van der Waals surface area contributed by atoms with Crippen molar-refractivity contribution in [3.05, 3.63) is 23.8 Å². The van der Waals surface area contributed by atoms with Gasteiger partial charge in [0.1, 0.15) is 23.0 Å². The van der Waals surface area contributed by atoms with Gasteiger partial charge in [-0.25, -0.2) is 0 Å². The van der Waals surface area contributed by atoms with Crippen LogP contribution in [0.5, 0.6) is 11.5 Å². The molecule has 1 aromatic carbocycles. The minimum absolute atomic E-state index is 0.293. The Bertz CT molecular complexity index is 627. The number of benzene rings is 1. The third kappa shape index (κ3) is 11.1. The molecule has 0 fully saturated rings. The molecule has 0 aliphatic carbocycles. The predicted octanol–water partition coefficient (Wildman–Crippen LogP) is 6.58. The molecule has 0 spiro atoms. The first kappa shape index (κ1) is 30.1. The van der Waals surface area contributed by atoms with Gasteiger partial charge in [0.25, 0.3) is 0 Å². The third-order valence-corrected chi connectivity index (χ3v) is 5.36. The van der Waals surface area contributed by atoms with E-state index in [0.717, 1.165) is 32.1 Å². The van der Waals surface area contributed by atoms with Gasteiger partial charge >= 0.3 is 15.1 Å². The number of ether oxygens (including phenoxy) is 3. The number of carbonyl (C=O) groups excluding carboxylic acids is 2. The second kappa shape index (κ2) is 19.7. The summed E-state index contributed by atoms with van der Waals surface area (Å²) in [5.74, 6) is -0.735. The fourth-order valence-corrected chi connectivity index (χ4v) is 3.54. The molecule has 0 heterocycles. The number of hydrogen-bond donors (Lipinski definition) is 0. The summed E-state index contributed by atoms with van der Waals surface area (Å²) < 4.78 is 24.4. The van der Waals surface area contributed by atoms with E-state index < -0.39 is 11.9 Å². The molecule has 7 heteroatoms. The molecule has 0 N–H and O–H groups in total. The maximum Gasteiger partial charge on any atom is 0.316 e. The van der Waals surface area contributed by atoms with Gasteiger partial charge in [-0.3, -0.25) is 9.59 Å². The first-order valence-corrected chi connectivity index (χ1v) is 12.2. The summed E-state index contributed by atoms with van der Waals surface area (Å²) in [4.78, 5) is 26.0. The van der Waals surface area contributed by atoms with E-state index in [4.69, 9.17) is 18.8 Å². The van der Waals surface area contributed by atoms with Crippen molar-refractivity contribution in [2.45, 2.75) is 84.5 Å². The van der Waals surface area contributed by atoms with Crippen LogP contribution < -0.4 is 9.47 Å². The van der Waals surface area contributed by atoms with E-state index in [-0.39, 0.29) is 5.78 Å². The van der Waals surface area contributed by atoms with E-state index >= 15 is 0 Å². The van der Waals surface area contributed by atoms with Crippen molar-refractivity contribution in [1.29, 1.82) is 0 Å². The van der Waals surface area contributed by atoms with Gasteiger partial charge in [-0.2, -0.15) is 0 Å². The maximum atomic E-state index is 13.3. The van der Waals surface area contributed by atoms with Crippen LogP contribution in [-0.2, 0) is 14.1 Å². The molecule has 0 aromatic heterocycles. The van der Waals surface area contributed by atoms with Crippen molar-refractivity contribution in [2.75, 3.05) is 20.8 Å². The first-order valence-electron chi connectivity index (χ1n) is 11.8. The number of ketones is 1. The lowest BCUT2D eigenvalue weighted by Gasteiger charge is -2.18. The molecule has 2 unspecified atom stereocenters. The standard InChI is InChI=1S/C25H40O5.H2OP/c1-5-7-9-10-11-12-13-14-19-30-25(27)20(16-8-6-2)24(26)23-21(28-3)17-15-18-22(23)29-4;1-2/h15,17-18,20H,5-14,16,19H2,1-4H3;2H2/q;+1. The Kier molecular flexibility index (Phi) is 18.5. The van der Waals surface area contributed by atoms with E-state index in [2.05, 4.69) is 6.92 Å². The summed E-state index contributed by atoms with van der Waals surface area (Å²) in [5.41, 5.74) is 0.313. The van der Waals surface area contributed by atoms with E-state index in [9.17, 15) is 9.59 Å². The van der Waals surface area contributed by atoms with Crippen LogP contribution in [0.1, 0.15) is 94.8 Å². The molecule has 1 rings (SSSR count). The van der Waals surface area contributed by atoms with Crippen molar-refractivity contribution in [3.63, 3.8) is 0 Å². The molecule has 0 aliphatic rings. The molecule has 2 atom stereocenters. The van der Waals surface area contributed by atoms with Gasteiger partial charge in [0, 0.05) is 0 Å². The van der Waals surface area contributed by atoms with Gasteiger partial charge in [-0.05, 0) is 25.0 Å². The van der Waals surface area contributed by atoms with Gasteiger partial charge in [-0.15, -0.1) is 0 Å². The van der Waals surface area contributed by atoms with Crippen LogP contribution in [0.3, 0.4) is 0 Å². The quantitative estimate of drug-likeness (QED) is 0.0842. The lowest BCUT2D eigenvalue weighted by Crippen LogP contribution is -2.27. The highest BCUT2D eigenvalue weighted by molar-refractivity contribution is 7.00. The highest BCUT2D eigenvalue weighted by Gasteiger charge is 2.32. The van der Waals surface area contributed by atoms with Crippen LogP contribution in [0.25, 0.3) is 0 Å². The molecule has 182 valence electrons. The van der Waals surface area contributed by atoms with Crippen LogP contribution in [0, 0.1) is 5.92 Å². The summed E-state index contributed by atoms with van der Waals surface area (Å²) in [6.07, 6.45) is 11.6. The first-order chi connectivity index (χ1) is 15.6. The SMILES string of the molecule is CCCCCCCCCCOC(=O)C(CCCC)C(=O)c1c(OC)cccc1OC.O=[PH2+]. The van der Waals surface area contributed by atoms with Crippen LogP contribution in [0.15, 0.2) is 18.2 Å². The molecule has 6 nitrogen and oxygen atoms in total. The second-order valence-electron chi connectivity index (χ2n) is 7.74. The number of hydrogen-bond acceptors (Lipinski definition) is 6. The number of unbranched alkanes of at least 4 members (excludes halogenated alkanes) is 8. The molecule has 1 aromatic rings. The van der Waals surface area contributed by atoms with E-state index in [0.29, 0.717) is 30.1 Å². The van der Waals surface area contributed by atoms with Crippen LogP contribution in [0.2, 0.25) is 0 Å². The molecule has 0 aliphatic heterocycles. The molecule has 0 saturated heterocycles. The Morgan fingerprint density at radius 1 is 0.812 bits per heavy atom. The second-order valence-corrected chi connectivity index (χ2v) is 7.74.